The summed E-state index contributed by atoms with van der Waals surface area (Å²) in [6.45, 7) is -3.01. The maximum absolute atomic E-state index is 13.1. The second-order valence-corrected chi connectivity index (χ2v) is 6.45. The van der Waals surface area contributed by atoms with E-state index >= 15 is 0 Å². The number of alkyl halides is 2. The van der Waals surface area contributed by atoms with Gasteiger partial charge in [0, 0.05) is 23.5 Å². The molecule has 3 aromatic carbocycles. The van der Waals surface area contributed by atoms with Crippen molar-refractivity contribution in [1.29, 1.82) is 0 Å². The van der Waals surface area contributed by atoms with E-state index in [0.717, 1.165) is 0 Å². The minimum atomic E-state index is -3.01. The first-order valence-electron chi connectivity index (χ1n) is 9.39. The summed E-state index contributed by atoms with van der Waals surface area (Å²) in [6.07, 6.45) is 0. The van der Waals surface area contributed by atoms with Gasteiger partial charge in [0.25, 0.3) is 5.91 Å². The molecule has 0 saturated heterocycles. The van der Waals surface area contributed by atoms with Gasteiger partial charge in [0.2, 0.25) is 0 Å². The second-order valence-electron chi connectivity index (χ2n) is 6.45. The highest BCUT2D eigenvalue weighted by atomic mass is 19.3. The predicted octanol–water partition coefficient (Wildman–Crippen LogP) is 5.10. The van der Waals surface area contributed by atoms with Crippen molar-refractivity contribution < 1.29 is 27.8 Å². The van der Waals surface area contributed by atoms with Crippen molar-refractivity contribution in [1.82, 2.24) is 0 Å². The van der Waals surface area contributed by atoms with Crippen LogP contribution in [0.15, 0.2) is 72.8 Å². The first-order chi connectivity index (χ1) is 15.0. The van der Waals surface area contributed by atoms with Crippen LogP contribution in [0.3, 0.4) is 0 Å². The van der Waals surface area contributed by atoms with E-state index in [0.29, 0.717) is 22.7 Å². The van der Waals surface area contributed by atoms with Gasteiger partial charge < -0.3 is 24.8 Å². The third kappa shape index (κ3) is 5.85. The normalized spacial score (nSPS) is 11.5. The molecule has 1 atom stereocenters. The summed E-state index contributed by atoms with van der Waals surface area (Å²) >= 11 is 0. The highest BCUT2D eigenvalue weighted by Crippen LogP contribution is 2.33. The van der Waals surface area contributed by atoms with Crippen LogP contribution in [-0.4, -0.2) is 26.7 Å². The monoisotopic (exact) mass is 428 g/mol. The van der Waals surface area contributed by atoms with E-state index in [1.807, 2.05) is 18.2 Å². The van der Waals surface area contributed by atoms with E-state index in [1.54, 1.807) is 42.5 Å². The van der Waals surface area contributed by atoms with Crippen LogP contribution in [0.1, 0.15) is 11.6 Å². The number of carbonyl (C=O) groups is 1. The molecule has 162 valence electrons. The molecule has 0 fully saturated rings. The largest absolute Gasteiger partial charge is 0.497 e. The fourth-order valence-corrected chi connectivity index (χ4v) is 2.98. The fourth-order valence-electron chi connectivity index (χ4n) is 2.98. The number of halogens is 2. The first-order valence-corrected chi connectivity index (χ1v) is 9.39. The number of ether oxygens (including phenoxy) is 3. The quantitative estimate of drug-likeness (QED) is 0.497. The Bertz CT molecular complexity index is 1020. The number of rotatable bonds is 9. The molecule has 0 aliphatic carbocycles. The van der Waals surface area contributed by atoms with Crippen molar-refractivity contribution in [2.75, 3.05) is 24.9 Å². The Balaban J connectivity index is 1.88. The van der Waals surface area contributed by atoms with Gasteiger partial charge >= 0.3 is 6.61 Å². The summed E-state index contributed by atoms with van der Waals surface area (Å²) in [6, 6.07) is 19.7. The second kappa shape index (κ2) is 10.3. The lowest BCUT2D eigenvalue weighted by Crippen LogP contribution is -2.27. The molecule has 3 aromatic rings. The Kier molecular flexibility index (Phi) is 7.26. The van der Waals surface area contributed by atoms with Gasteiger partial charge in [-0.1, -0.05) is 36.4 Å². The zero-order valence-corrected chi connectivity index (χ0v) is 17.0. The summed E-state index contributed by atoms with van der Waals surface area (Å²) in [7, 11) is 2.90. The van der Waals surface area contributed by atoms with Gasteiger partial charge in [0.1, 0.15) is 11.8 Å². The molecule has 0 bridgehead atoms. The van der Waals surface area contributed by atoms with E-state index < -0.39 is 12.7 Å². The lowest BCUT2D eigenvalue weighted by molar-refractivity contribution is -0.117. The lowest BCUT2D eigenvalue weighted by Gasteiger charge is -2.21. The van der Waals surface area contributed by atoms with Crippen molar-refractivity contribution in [3.63, 3.8) is 0 Å². The molecule has 8 heteroatoms. The van der Waals surface area contributed by atoms with Crippen molar-refractivity contribution in [2.24, 2.45) is 0 Å². The summed E-state index contributed by atoms with van der Waals surface area (Å²) in [5.41, 5.74) is 1.66. The molecule has 0 aromatic heterocycles. The lowest BCUT2D eigenvalue weighted by atomic mass is 10.1. The number of anilines is 2. The van der Waals surface area contributed by atoms with Gasteiger partial charge in [-0.15, -0.1) is 0 Å². The van der Waals surface area contributed by atoms with E-state index in [2.05, 4.69) is 15.4 Å². The minimum Gasteiger partial charge on any atom is -0.497 e. The first kappa shape index (κ1) is 21.9. The van der Waals surface area contributed by atoms with E-state index in [4.69, 9.17) is 9.47 Å². The molecule has 2 N–H and O–H groups in total. The zero-order valence-electron chi connectivity index (χ0n) is 17.0. The van der Waals surface area contributed by atoms with Gasteiger partial charge in [-0.25, -0.2) is 0 Å². The SMILES string of the molecule is COc1cccc(NC(=O)C(Nc2ccc(OC)c(OC(F)F)c2)c2ccccc2)c1. The van der Waals surface area contributed by atoms with Crippen molar-refractivity contribution in [3.8, 4) is 17.2 Å². The maximum Gasteiger partial charge on any atom is 0.387 e. The minimum absolute atomic E-state index is 0.137. The van der Waals surface area contributed by atoms with Crippen molar-refractivity contribution in [2.45, 2.75) is 12.7 Å². The Hall–Kier alpha value is -3.81. The topological polar surface area (TPSA) is 68.8 Å². The van der Waals surface area contributed by atoms with Crippen LogP contribution < -0.4 is 24.8 Å². The Morgan fingerprint density at radius 3 is 2.29 bits per heavy atom. The Labute approximate surface area is 178 Å². The van der Waals surface area contributed by atoms with Crippen LogP contribution in [0.2, 0.25) is 0 Å². The van der Waals surface area contributed by atoms with Gasteiger partial charge in [-0.05, 0) is 29.8 Å². The highest BCUT2D eigenvalue weighted by Gasteiger charge is 2.22. The number of nitrogens with one attached hydrogen (secondary N) is 2. The molecular formula is C23H22F2N2O4. The molecule has 1 unspecified atom stereocenters. The molecule has 0 aliphatic heterocycles. The van der Waals surface area contributed by atoms with E-state index in [9.17, 15) is 13.6 Å². The average molecular weight is 428 g/mol. The van der Waals surface area contributed by atoms with Gasteiger partial charge in [0.05, 0.1) is 14.2 Å². The number of hydrogen-bond acceptors (Lipinski definition) is 5. The highest BCUT2D eigenvalue weighted by molar-refractivity contribution is 5.97. The molecule has 0 aliphatic rings. The molecule has 0 heterocycles. The number of methoxy groups -OCH3 is 2. The molecular weight excluding hydrogens is 406 g/mol. The Morgan fingerprint density at radius 1 is 0.839 bits per heavy atom. The number of benzene rings is 3. The van der Waals surface area contributed by atoms with Crippen molar-refractivity contribution >= 4 is 17.3 Å². The van der Waals surface area contributed by atoms with Crippen LogP contribution in [0.25, 0.3) is 0 Å². The van der Waals surface area contributed by atoms with Crippen LogP contribution >= 0.6 is 0 Å². The van der Waals surface area contributed by atoms with Gasteiger partial charge in [0.15, 0.2) is 11.5 Å². The average Bonchev–Trinajstić information content (AvgIpc) is 2.78. The van der Waals surface area contributed by atoms with Gasteiger partial charge in [-0.3, -0.25) is 4.79 Å². The number of carbonyl (C=O) groups excluding carboxylic acids is 1. The summed E-state index contributed by atoms with van der Waals surface area (Å²) in [5, 5.41) is 5.93. The summed E-state index contributed by atoms with van der Waals surface area (Å²) < 4.78 is 40.3. The van der Waals surface area contributed by atoms with Crippen LogP contribution in [-0.2, 0) is 4.79 Å². The molecule has 1 amide bonds. The number of amides is 1. The summed E-state index contributed by atoms with van der Waals surface area (Å²) in [5.74, 6) is 0.281. The zero-order chi connectivity index (χ0) is 22.2. The predicted molar refractivity (Wildman–Crippen MR) is 114 cm³/mol. The third-order valence-corrected chi connectivity index (χ3v) is 4.42. The van der Waals surface area contributed by atoms with Crippen LogP contribution in [0, 0.1) is 0 Å². The molecule has 0 radical (unpaired) electrons. The van der Waals surface area contributed by atoms with Crippen LogP contribution in [0.4, 0.5) is 20.2 Å². The van der Waals surface area contributed by atoms with Crippen LogP contribution in [0.5, 0.6) is 17.2 Å². The number of hydrogen-bond donors (Lipinski definition) is 2. The Morgan fingerprint density at radius 2 is 1.61 bits per heavy atom. The standard InChI is InChI=1S/C23H22F2N2O4/c1-29-18-10-6-9-16(13-18)27-22(28)21(15-7-4-3-5-8-15)26-17-11-12-19(30-2)20(14-17)31-23(24)25/h3-14,21,23,26H,1-2H3,(H,27,28). The van der Waals surface area contributed by atoms with E-state index in [-0.39, 0.29) is 17.4 Å². The molecule has 0 spiro atoms. The summed E-state index contributed by atoms with van der Waals surface area (Å²) in [4.78, 5) is 13.1. The van der Waals surface area contributed by atoms with Crippen molar-refractivity contribution in [3.05, 3.63) is 78.4 Å². The molecule has 31 heavy (non-hydrogen) atoms. The maximum atomic E-state index is 13.1. The fraction of sp³-hybridized carbons (Fsp3) is 0.174. The third-order valence-electron chi connectivity index (χ3n) is 4.42. The van der Waals surface area contributed by atoms with Gasteiger partial charge in [-0.2, -0.15) is 8.78 Å². The molecule has 6 nitrogen and oxygen atoms in total. The smallest absolute Gasteiger partial charge is 0.387 e. The molecule has 3 rings (SSSR count). The van der Waals surface area contributed by atoms with E-state index in [1.165, 1.54) is 26.4 Å². The molecule has 0 saturated carbocycles.